The molecule has 10 nitrogen and oxygen atoms in total. The Morgan fingerprint density at radius 3 is 2.40 bits per heavy atom. The maximum Gasteiger partial charge on any atom is 0.416 e. The Kier molecular flexibility index (Phi) is 12.8. The zero-order chi connectivity index (χ0) is 32.6. The predicted octanol–water partition coefficient (Wildman–Crippen LogP) is 4.79. The highest BCUT2D eigenvalue weighted by molar-refractivity contribution is 7.22. The molecular formula is C30H39ClF3N5O5S. The maximum atomic E-state index is 13.7. The third kappa shape index (κ3) is 9.96. The highest BCUT2D eigenvalue weighted by atomic mass is 35.5. The molecule has 0 unspecified atom stereocenters. The van der Waals surface area contributed by atoms with Gasteiger partial charge in [0.05, 0.1) is 47.8 Å². The molecule has 2 heterocycles. The van der Waals surface area contributed by atoms with Crippen molar-refractivity contribution in [2.24, 2.45) is 0 Å². The number of carbonyl (C=O) groups is 1. The number of hydrogen-bond acceptors (Lipinski definition) is 10. The molecular weight excluding hydrogens is 635 g/mol. The van der Waals surface area contributed by atoms with Gasteiger partial charge in [-0.3, -0.25) is 19.9 Å². The first-order chi connectivity index (χ1) is 21.5. The van der Waals surface area contributed by atoms with Crippen LogP contribution >= 0.6 is 22.9 Å². The van der Waals surface area contributed by atoms with Gasteiger partial charge in [0, 0.05) is 82.7 Å². The van der Waals surface area contributed by atoms with E-state index in [1.807, 2.05) is 4.90 Å². The third-order valence-corrected chi connectivity index (χ3v) is 8.68. The summed E-state index contributed by atoms with van der Waals surface area (Å²) < 4.78 is 57.6. The molecule has 1 amide bonds. The Hall–Kier alpha value is -2.56. The van der Waals surface area contributed by atoms with Gasteiger partial charge >= 0.3 is 6.18 Å². The van der Waals surface area contributed by atoms with Crippen molar-refractivity contribution in [3.63, 3.8) is 0 Å². The number of thiazole rings is 1. The number of alkyl halides is 3. The molecule has 0 saturated carbocycles. The zero-order valence-corrected chi connectivity index (χ0v) is 27.2. The summed E-state index contributed by atoms with van der Waals surface area (Å²) in [4.78, 5) is 24.2. The lowest BCUT2D eigenvalue weighted by Crippen LogP contribution is -2.45. The number of aromatic hydroxyl groups is 1. The van der Waals surface area contributed by atoms with Gasteiger partial charge in [0.1, 0.15) is 5.75 Å². The Bertz CT molecular complexity index is 1430. The van der Waals surface area contributed by atoms with Crippen LogP contribution in [0.1, 0.15) is 27.0 Å². The van der Waals surface area contributed by atoms with Crippen LogP contribution < -0.4 is 5.32 Å². The normalized spacial score (nSPS) is 14.9. The van der Waals surface area contributed by atoms with Gasteiger partial charge in [-0.05, 0) is 31.3 Å². The number of halogens is 4. The molecule has 248 valence electrons. The molecule has 1 aliphatic heterocycles. The van der Waals surface area contributed by atoms with E-state index in [1.54, 1.807) is 20.3 Å². The van der Waals surface area contributed by atoms with Crippen LogP contribution in [0.5, 0.6) is 5.75 Å². The maximum absolute atomic E-state index is 13.7. The van der Waals surface area contributed by atoms with E-state index < -0.39 is 17.6 Å². The molecule has 15 heteroatoms. The van der Waals surface area contributed by atoms with E-state index >= 15 is 0 Å². The molecule has 2 aromatic carbocycles. The van der Waals surface area contributed by atoms with Crippen LogP contribution in [0, 0.1) is 0 Å². The van der Waals surface area contributed by atoms with Crippen molar-refractivity contribution in [2.45, 2.75) is 19.3 Å². The number of hydrogen-bond donors (Lipinski definition) is 2. The zero-order valence-electron chi connectivity index (χ0n) is 25.6. The summed E-state index contributed by atoms with van der Waals surface area (Å²) in [5.74, 6) is -0.955. The summed E-state index contributed by atoms with van der Waals surface area (Å²) in [6, 6.07) is 4.96. The minimum absolute atomic E-state index is 0.0631. The lowest BCUT2D eigenvalue weighted by Gasteiger charge is -2.32. The summed E-state index contributed by atoms with van der Waals surface area (Å²) in [6.07, 6.45) is -4.57. The van der Waals surface area contributed by atoms with Gasteiger partial charge in [0.2, 0.25) is 0 Å². The second kappa shape index (κ2) is 16.3. The van der Waals surface area contributed by atoms with E-state index in [1.165, 1.54) is 6.07 Å². The van der Waals surface area contributed by atoms with Gasteiger partial charge < -0.3 is 24.2 Å². The van der Waals surface area contributed by atoms with Crippen LogP contribution in [0.25, 0.3) is 10.2 Å². The van der Waals surface area contributed by atoms with E-state index in [4.69, 9.17) is 25.8 Å². The number of rotatable bonds is 15. The van der Waals surface area contributed by atoms with Crippen LogP contribution in [0.4, 0.5) is 18.3 Å². The highest BCUT2D eigenvalue weighted by Gasteiger charge is 2.32. The summed E-state index contributed by atoms with van der Waals surface area (Å²) in [5.41, 5.74) is 0.104. The second-order valence-electron chi connectivity index (χ2n) is 10.9. The van der Waals surface area contributed by atoms with Gasteiger partial charge in [0.15, 0.2) is 5.13 Å². The molecule has 3 aromatic rings. The minimum Gasteiger partial charge on any atom is -0.507 e. The smallest absolute Gasteiger partial charge is 0.416 e. The first kappa shape index (κ1) is 35.3. The molecule has 45 heavy (non-hydrogen) atoms. The van der Waals surface area contributed by atoms with Crippen LogP contribution in [0.15, 0.2) is 24.3 Å². The molecule has 1 aromatic heterocycles. The standard InChI is InChI=1S/C30H39ClF3N5O5S/c1-37-4-6-38(7-5-37)10-13-44-19-21-14-22(30(32,33)34)16-25-26(21)35-29(45-25)36-28(41)24-17-23(31)15-20(27(24)40)18-39(8-11-42-2)9-12-43-3/h14-17,40H,4-13,18-19H2,1-3H3,(H,35,36,41). The van der Waals surface area contributed by atoms with E-state index in [-0.39, 0.29) is 44.9 Å². The van der Waals surface area contributed by atoms with Gasteiger partial charge in [-0.15, -0.1) is 0 Å². The monoisotopic (exact) mass is 673 g/mol. The van der Waals surface area contributed by atoms with Crippen molar-refractivity contribution in [3.05, 3.63) is 51.5 Å². The average molecular weight is 674 g/mol. The lowest BCUT2D eigenvalue weighted by atomic mass is 10.1. The summed E-state index contributed by atoms with van der Waals surface area (Å²) in [7, 11) is 5.24. The van der Waals surface area contributed by atoms with Crippen molar-refractivity contribution in [2.75, 3.05) is 92.2 Å². The van der Waals surface area contributed by atoms with Gasteiger partial charge in [-0.25, -0.2) is 4.98 Å². The number of nitrogens with zero attached hydrogens (tertiary/aromatic N) is 4. The van der Waals surface area contributed by atoms with E-state index in [2.05, 4.69) is 27.1 Å². The number of ether oxygens (including phenoxy) is 3. The first-order valence-corrected chi connectivity index (χ1v) is 15.7. The Morgan fingerprint density at radius 1 is 1.07 bits per heavy atom. The SMILES string of the molecule is COCCN(CCOC)Cc1cc(Cl)cc(C(=O)Nc2nc3c(COCCN4CCN(C)CC4)cc(C(F)(F)F)cc3s2)c1O. The third-order valence-electron chi connectivity index (χ3n) is 7.54. The van der Waals surface area contributed by atoms with Crippen molar-refractivity contribution in [1.82, 2.24) is 19.7 Å². The minimum atomic E-state index is -4.57. The van der Waals surface area contributed by atoms with Gasteiger partial charge in [-0.1, -0.05) is 22.9 Å². The molecule has 0 radical (unpaired) electrons. The largest absolute Gasteiger partial charge is 0.507 e. The molecule has 1 fully saturated rings. The number of likely N-dealkylation sites (N-methyl/N-ethyl adjacent to an activating group) is 1. The van der Waals surface area contributed by atoms with Crippen molar-refractivity contribution >= 4 is 44.2 Å². The number of phenolic OH excluding ortho intramolecular Hbond substituents is 1. The molecule has 2 N–H and O–H groups in total. The highest BCUT2D eigenvalue weighted by Crippen LogP contribution is 2.37. The first-order valence-electron chi connectivity index (χ1n) is 14.5. The fraction of sp³-hybridized carbons (Fsp3) is 0.533. The Labute approximate surface area is 269 Å². The number of amides is 1. The number of aromatic nitrogens is 1. The fourth-order valence-corrected chi connectivity index (χ4v) is 6.13. The number of benzene rings is 2. The summed E-state index contributed by atoms with van der Waals surface area (Å²) >= 11 is 7.23. The number of phenols is 1. The topological polar surface area (TPSA) is 99.6 Å². The van der Waals surface area contributed by atoms with Crippen LogP contribution in [0.3, 0.4) is 0 Å². The molecule has 0 atom stereocenters. The number of piperazine rings is 1. The molecule has 0 aliphatic carbocycles. The van der Waals surface area contributed by atoms with E-state index in [0.717, 1.165) is 49.6 Å². The fourth-order valence-electron chi connectivity index (χ4n) is 4.94. The molecule has 4 rings (SSSR count). The molecule has 0 bridgehead atoms. The number of fused-ring (bicyclic) bond motifs is 1. The van der Waals surface area contributed by atoms with Gasteiger partial charge in [0.25, 0.3) is 5.91 Å². The number of anilines is 1. The number of nitrogens with one attached hydrogen (secondary N) is 1. The summed E-state index contributed by atoms with van der Waals surface area (Å²) in [6.45, 7) is 7.00. The lowest BCUT2D eigenvalue weighted by molar-refractivity contribution is -0.137. The molecule has 0 spiro atoms. The van der Waals surface area contributed by atoms with Crippen LogP contribution in [-0.2, 0) is 33.5 Å². The predicted molar refractivity (Wildman–Crippen MR) is 168 cm³/mol. The molecule has 1 aliphatic rings. The number of carbonyl (C=O) groups excluding carboxylic acids is 1. The van der Waals surface area contributed by atoms with Crippen molar-refractivity contribution < 1.29 is 37.3 Å². The van der Waals surface area contributed by atoms with E-state index in [9.17, 15) is 23.1 Å². The quantitative estimate of drug-likeness (QED) is 0.221. The van der Waals surface area contributed by atoms with Crippen molar-refractivity contribution in [1.29, 1.82) is 0 Å². The summed E-state index contributed by atoms with van der Waals surface area (Å²) in [5, 5.41) is 14.0. The Balaban J connectivity index is 1.51. The number of methoxy groups -OCH3 is 2. The second-order valence-corrected chi connectivity index (χ2v) is 12.3. The Morgan fingerprint density at radius 2 is 1.76 bits per heavy atom. The van der Waals surface area contributed by atoms with Crippen LogP contribution in [-0.4, -0.2) is 118 Å². The van der Waals surface area contributed by atoms with Gasteiger partial charge in [-0.2, -0.15) is 13.2 Å². The molecule has 1 saturated heterocycles. The average Bonchev–Trinajstić information content (AvgIpc) is 3.41. The van der Waals surface area contributed by atoms with E-state index in [0.29, 0.717) is 50.5 Å². The van der Waals surface area contributed by atoms with Crippen LogP contribution in [0.2, 0.25) is 5.02 Å². The van der Waals surface area contributed by atoms with Crippen molar-refractivity contribution in [3.8, 4) is 5.75 Å².